The van der Waals surface area contributed by atoms with Crippen LogP contribution in [0.4, 0.5) is 0 Å². The number of aromatic amines is 2. The predicted octanol–water partition coefficient (Wildman–Crippen LogP) is -1.25. The molecule has 8 heteroatoms. The highest BCUT2D eigenvalue weighted by Crippen LogP contribution is 2.00. The first kappa shape index (κ1) is 16.4. The molecule has 0 atom stereocenters. The highest BCUT2D eigenvalue weighted by atomic mass is 16.5. The van der Waals surface area contributed by atoms with Crippen molar-refractivity contribution in [1.82, 2.24) is 20.2 Å². The van der Waals surface area contributed by atoms with E-state index in [0.717, 1.165) is 32.8 Å². The van der Waals surface area contributed by atoms with Gasteiger partial charge in [0.25, 0.3) is 5.56 Å². The van der Waals surface area contributed by atoms with E-state index in [9.17, 15) is 14.4 Å². The Morgan fingerprint density at radius 1 is 1.27 bits per heavy atom. The van der Waals surface area contributed by atoms with Crippen LogP contribution in [0.15, 0.2) is 9.59 Å². The molecular weight excluding hydrogens is 288 g/mol. The van der Waals surface area contributed by atoms with Gasteiger partial charge in [0.2, 0.25) is 5.91 Å². The molecule has 1 saturated heterocycles. The number of nitrogens with one attached hydrogen (secondary N) is 3. The van der Waals surface area contributed by atoms with E-state index >= 15 is 0 Å². The number of hydrogen-bond donors (Lipinski definition) is 3. The molecule has 1 aliphatic rings. The Morgan fingerprint density at radius 2 is 2.00 bits per heavy atom. The molecule has 0 bridgehead atoms. The minimum absolute atomic E-state index is 0.0988. The number of rotatable bonds is 6. The fraction of sp³-hybridized carbons (Fsp3) is 0.643. The number of aryl methyl sites for hydroxylation is 1. The van der Waals surface area contributed by atoms with Gasteiger partial charge in [-0.2, -0.15) is 0 Å². The Bertz CT molecular complexity index is 616. The van der Waals surface area contributed by atoms with Crippen molar-refractivity contribution in [2.75, 3.05) is 39.4 Å². The van der Waals surface area contributed by atoms with Crippen LogP contribution in [0.5, 0.6) is 0 Å². The summed E-state index contributed by atoms with van der Waals surface area (Å²) in [4.78, 5) is 41.5. The van der Waals surface area contributed by atoms with E-state index in [2.05, 4.69) is 20.2 Å². The van der Waals surface area contributed by atoms with E-state index in [4.69, 9.17) is 4.74 Å². The molecule has 2 heterocycles. The summed E-state index contributed by atoms with van der Waals surface area (Å²) in [6.45, 7) is 6.30. The summed E-state index contributed by atoms with van der Waals surface area (Å²) in [5, 5.41) is 2.84. The molecule has 22 heavy (non-hydrogen) atoms. The van der Waals surface area contributed by atoms with E-state index in [1.807, 2.05) is 0 Å². The van der Waals surface area contributed by atoms with Crippen LogP contribution >= 0.6 is 0 Å². The van der Waals surface area contributed by atoms with Crippen molar-refractivity contribution in [3.05, 3.63) is 32.1 Å². The number of nitrogens with zero attached hydrogens (tertiary/aromatic N) is 1. The van der Waals surface area contributed by atoms with Gasteiger partial charge >= 0.3 is 5.69 Å². The fourth-order valence-corrected chi connectivity index (χ4v) is 2.43. The topological polar surface area (TPSA) is 107 Å². The van der Waals surface area contributed by atoms with E-state index < -0.39 is 11.2 Å². The molecule has 0 saturated carbocycles. The van der Waals surface area contributed by atoms with Crippen molar-refractivity contribution in [2.24, 2.45) is 0 Å². The molecule has 1 aromatic rings. The van der Waals surface area contributed by atoms with Crippen molar-refractivity contribution in [3.8, 4) is 0 Å². The van der Waals surface area contributed by atoms with Crippen molar-refractivity contribution in [1.29, 1.82) is 0 Å². The van der Waals surface area contributed by atoms with E-state index in [0.29, 0.717) is 24.2 Å². The van der Waals surface area contributed by atoms with Gasteiger partial charge in [0.1, 0.15) is 0 Å². The summed E-state index contributed by atoms with van der Waals surface area (Å²) in [6, 6.07) is 0. The molecule has 0 unspecified atom stereocenters. The number of carbonyl (C=O) groups excluding carboxylic acids is 1. The number of H-pyrrole nitrogens is 2. The second-order valence-electron chi connectivity index (χ2n) is 5.32. The van der Waals surface area contributed by atoms with Gasteiger partial charge in [-0.3, -0.25) is 19.5 Å². The second-order valence-corrected chi connectivity index (χ2v) is 5.32. The third-order valence-electron chi connectivity index (χ3n) is 3.71. The first-order chi connectivity index (χ1) is 10.6. The molecule has 1 fully saturated rings. The fourth-order valence-electron chi connectivity index (χ4n) is 2.43. The van der Waals surface area contributed by atoms with Crippen LogP contribution in [0.25, 0.3) is 0 Å². The van der Waals surface area contributed by atoms with Gasteiger partial charge in [-0.15, -0.1) is 0 Å². The van der Waals surface area contributed by atoms with Crippen LogP contribution in [-0.2, 0) is 16.0 Å². The lowest BCUT2D eigenvalue weighted by Gasteiger charge is -2.26. The molecule has 3 N–H and O–H groups in total. The number of morpholine rings is 1. The molecule has 1 amide bonds. The zero-order chi connectivity index (χ0) is 15.9. The lowest BCUT2D eigenvalue weighted by molar-refractivity contribution is -0.121. The van der Waals surface area contributed by atoms with Gasteiger partial charge in [0.05, 0.1) is 13.2 Å². The minimum atomic E-state index is -0.527. The van der Waals surface area contributed by atoms with Gasteiger partial charge in [-0.25, -0.2) is 4.79 Å². The summed E-state index contributed by atoms with van der Waals surface area (Å²) < 4.78 is 5.26. The third kappa shape index (κ3) is 4.81. The minimum Gasteiger partial charge on any atom is -0.379 e. The second kappa shape index (κ2) is 7.90. The molecule has 2 rings (SSSR count). The summed E-state index contributed by atoms with van der Waals surface area (Å²) in [5.41, 5.74) is 0.00127. The van der Waals surface area contributed by atoms with Gasteiger partial charge in [-0.1, -0.05) is 0 Å². The van der Waals surface area contributed by atoms with Crippen LogP contribution in [0.1, 0.15) is 17.7 Å². The largest absolute Gasteiger partial charge is 0.379 e. The van der Waals surface area contributed by atoms with Gasteiger partial charge in [0.15, 0.2) is 0 Å². The summed E-state index contributed by atoms with van der Waals surface area (Å²) in [5.74, 6) is -0.0988. The average molecular weight is 310 g/mol. The molecule has 0 aliphatic carbocycles. The molecule has 0 spiro atoms. The third-order valence-corrected chi connectivity index (χ3v) is 3.71. The zero-order valence-corrected chi connectivity index (χ0v) is 12.7. The van der Waals surface area contributed by atoms with E-state index in [-0.39, 0.29) is 12.3 Å². The number of aromatic nitrogens is 2. The molecule has 1 aliphatic heterocycles. The Balaban J connectivity index is 1.73. The smallest absolute Gasteiger partial charge is 0.325 e. The number of amides is 1. The van der Waals surface area contributed by atoms with Crippen LogP contribution in [0.2, 0.25) is 0 Å². The summed E-state index contributed by atoms with van der Waals surface area (Å²) in [7, 11) is 0. The van der Waals surface area contributed by atoms with Crippen LogP contribution in [0, 0.1) is 6.92 Å². The highest BCUT2D eigenvalue weighted by molar-refractivity contribution is 5.76. The van der Waals surface area contributed by atoms with Crippen LogP contribution in [0.3, 0.4) is 0 Å². The Kier molecular flexibility index (Phi) is 5.91. The molecule has 0 aromatic carbocycles. The van der Waals surface area contributed by atoms with E-state index in [1.165, 1.54) is 0 Å². The lowest BCUT2D eigenvalue weighted by atomic mass is 10.1. The van der Waals surface area contributed by atoms with Crippen molar-refractivity contribution < 1.29 is 9.53 Å². The first-order valence-corrected chi connectivity index (χ1v) is 7.45. The predicted molar refractivity (Wildman–Crippen MR) is 81.0 cm³/mol. The average Bonchev–Trinajstić information content (AvgIpc) is 2.47. The zero-order valence-electron chi connectivity index (χ0n) is 12.7. The van der Waals surface area contributed by atoms with Gasteiger partial charge in [0, 0.05) is 43.9 Å². The van der Waals surface area contributed by atoms with Crippen LogP contribution in [-0.4, -0.2) is 60.2 Å². The number of carbonyl (C=O) groups is 1. The first-order valence-electron chi connectivity index (χ1n) is 7.45. The molecule has 122 valence electrons. The van der Waals surface area contributed by atoms with Crippen LogP contribution < -0.4 is 16.6 Å². The maximum atomic E-state index is 11.8. The lowest BCUT2D eigenvalue weighted by Crippen LogP contribution is -2.41. The van der Waals surface area contributed by atoms with E-state index in [1.54, 1.807) is 6.92 Å². The van der Waals surface area contributed by atoms with Crippen molar-refractivity contribution >= 4 is 5.91 Å². The maximum absolute atomic E-state index is 11.8. The standard InChI is InChI=1S/C14H22N4O4/c1-10-11(13(20)17-14(21)16-10)2-3-12(19)15-4-5-18-6-8-22-9-7-18/h2-9H2,1H3,(H,15,19)(H2,16,17,20,21). The van der Waals surface area contributed by atoms with Crippen molar-refractivity contribution in [2.45, 2.75) is 19.8 Å². The Morgan fingerprint density at radius 3 is 2.68 bits per heavy atom. The molecule has 0 radical (unpaired) electrons. The monoisotopic (exact) mass is 310 g/mol. The summed E-state index contributed by atoms with van der Waals surface area (Å²) >= 11 is 0. The molecular formula is C14H22N4O4. The molecule has 1 aromatic heterocycles. The van der Waals surface area contributed by atoms with Crippen molar-refractivity contribution in [3.63, 3.8) is 0 Å². The molecule has 8 nitrogen and oxygen atoms in total. The SMILES string of the molecule is Cc1[nH]c(=O)[nH]c(=O)c1CCC(=O)NCCN1CCOCC1. The normalized spacial score (nSPS) is 15.7. The Labute approximate surface area is 127 Å². The maximum Gasteiger partial charge on any atom is 0.325 e. The van der Waals surface area contributed by atoms with Gasteiger partial charge in [-0.05, 0) is 13.3 Å². The van der Waals surface area contributed by atoms with Gasteiger partial charge < -0.3 is 15.0 Å². The quantitative estimate of drug-likeness (QED) is 0.609. The number of hydrogen-bond acceptors (Lipinski definition) is 5. The highest BCUT2D eigenvalue weighted by Gasteiger charge is 2.11. The Hall–Kier alpha value is -1.93. The number of ether oxygens (including phenoxy) is 1. The summed E-state index contributed by atoms with van der Waals surface area (Å²) in [6.07, 6.45) is 0.528.